The summed E-state index contributed by atoms with van der Waals surface area (Å²) in [4.78, 5) is 12.0. The Balaban J connectivity index is 1.47. The van der Waals surface area contributed by atoms with Crippen LogP contribution in [0.5, 0.6) is 5.75 Å². The van der Waals surface area contributed by atoms with Crippen LogP contribution >= 0.6 is 23.2 Å². The minimum absolute atomic E-state index is 0.113. The molecule has 4 aromatic rings. The predicted molar refractivity (Wildman–Crippen MR) is 125 cm³/mol. The summed E-state index contributed by atoms with van der Waals surface area (Å²) in [5.41, 5.74) is 5.38. The van der Waals surface area contributed by atoms with Crippen molar-refractivity contribution in [1.29, 1.82) is 0 Å². The summed E-state index contributed by atoms with van der Waals surface area (Å²) in [6.45, 7) is 0.472. The van der Waals surface area contributed by atoms with Crippen LogP contribution in [0.15, 0.2) is 84.1 Å². The van der Waals surface area contributed by atoms with Gasteiger partial charge in [-0.1, -0.05) is 65.7 Å². The second-order valence-corrected chi connectivity index (χ2v) is 7.70. The first kappa shape index (κ1) is 21.0. The number of hydrogen-bond donors (Lipinski definition) is 1. The number of para-hydroxylation sites is 2. The molecule has 0 atom stereocenters. The third-order valence-electron chi connectivity index (χ3n) is 4.68. The van der Waals surface area contributed by atoms with Crippen molar-refractivity contribution in [2.24, 2.45) is 5.10 Å². The number of ether oxygens (including phenoxy) is 1. The lowest BCUT2D eigenvalue weighted by molar-refractivity contribution is -0.123. The summed E-state index contributed by atoms with van der Waals surface area (Å²) in [5, 5.41) is 6.33. The Morgan fingerprint density at radius 3 is 2.61 bits per heavy atom. The Hall–Kier alpha value is -3.28. The molecule has 0 aliphatic rings. The second kappa shape index (κ2) is 9.69. The molecule has 4 rings (SSSR count). The quantitative estimate of drug-likeness (QED) is 0.296. The van der Waals surface area contributed by atoms with Crippen molar-refractivity contribution in [3.63, 3.8) is 0 Å². The fourth-order valence-corrected chi connectivity index (χ4v) is 3.68. The highest BCUT2D eigenvalue weighted by Gasteiger charge is 2.09. The van der Waals surface area contributed by atoms with E-state index in [9.17, 15) is 4.79 Å². The van der Waals surface area contributed by atoms with E-state index >= 15 is 0 Å². The number of halogens is 2. The highest BCUT2D eigenvalue weighted by molar-refractivity contribution is 6.35. The van der Waals surface area contributed by atoms with Crippen LogP contribution in [0.3, 0.4) is 0 Å². The van der Waals surface area contributed by atoms with Crippen LogP contribution < -0.4 is 10.2 Å². The average molecular weight is 452 g/mol. The zero-order valence-corrected chi connectivity index (χ0v) is 18.0. The van der Waals surface area contributed by atoms with Crippen molar-refractivity contribution in [2.45, 2.75) is 6.54 Å². The minimum Gasteiger partial charge on any atom is -0.484 e. The summed E-state index contributed by atoms with van der Waals surface area (Å²) in [6.07, 6.45) is 3.61. The molecule has 1 amide bonds. The first-order valence-corrected chi connectivity index (χ1v) is 10.4. The molecule has 0 aliphatic carbocycles. The third kappa shape index (κ3) is 5.26. The molecule has 7 heteroatoms. The van der Waals surface area contributed by atoms with Gasteiger partial charge in [0.15, 0.2) is 6.61 Å². The van der Waals surface area contributed by atoms with Gasteiger partial charge < -0.3 is 9.30 Å². The van der Waals surface area contributed by atoms with Crippen molar-refractivity contribution < 1.29 is 9.53 Å². The Bertz CT molecular complexity index is 1240. The van der Waals surface area contributed by atoms with Gasteiger partial charge in [0.05, 0.1) is 6.21 Å². The van der Waals surface area contributed by atoms with Gasteiger partial charge in [0, 0.05) is 39.3 Å². The molecular weight excluding hydrogens is 433 g/mol. The van der Waals surface area contributed by atoms with Gasteiger partial charge in [-0.15, -0.1) is 0 Å². The van der Waals surface area contributed by atoms with Crippen LogP contribution in [0.25, 0.3) is 10.9 Å². The predicted octanol–water partition coefficient (Wildman–Crippen LogP) is 5.53. The van der Waals surface area contributed by atoms with Gasteiger partial charge in [-0.3, -0.25) is 4.79 Å². The Kier molecular flexibility index (Phi) is 6.55. The zero-order valence-electron chi connectivity index (χ0n) is 16.5. The molecule has 0 saturated heterocycles. The highest BCUT2D eigenvalue weighted by Crippen LogP contribution is 2.25. The van der Waals surface area contributed by atoms with Crippen molar-refractivity contribution in [1.82, 2.24) is 9.99 Å². The van der Waals surface area contributed by atoms with Crippen LogP contribution in [-0.4, -0.2) is 23.3 Å². The van der Waals surface area contributed by atoms with Gasteiger partial charge in [-0.2, -0.15) is 5.10 Å². The number of carbonyl (C=O) groups is 1. The summed E-state index contributed by atoms with van der Waals surface area (Å²) >= 11 is 12.4. The molecule has 31 heavy (non-hydrogen) atoms. The average Bonchev–Trinajstić information content (AvgIpc) is 3.12. The number of aromatic nitrogens is 1. The number of nitrogens with one attached hydrogen (secondary N) is 1. The number of nitrogens with zero attached hydrogens (tertiary/aromatic N) is 2. The maximum absolute atomic E-state index is 12.0. The molecule has 156 valence electrons. The molecule has 1 heterocycles. The molecule has 0 fully saturated rings. The number of carbonyl (C=O) groups excluding carboxylic acids is 1. The summed E-state index contributed by atoms with van der Waals surface area (Å²) < 4.78 is 7.51. The van der Waals surface area contributed by atoms with Crippen LogP contribution in [0.1, 0.15) is 11.1 Å². The lowest BCUT2D eigenvalue weighted by Crippen LogP contribution is -2.24. The van der Waals surface area contributed by atoms with Gasteiger partial charge in [0.25, 0.3) is 5.91 Å². The smallest absolute Gasteiger partial charge is 0.277 e. The van der Waals surface area contributed by atoms with E-state index in [1.165, 1.54) is 0 Å². The van der Waals surface area contributed by atoms with E-state index in [1.54, 1.807) is 24.4 Å². The van der Waals surface area contributed by atoms with E-state index in [1.807, 2.05) is 60.8 Å². The number of hydrazone groups is 1. The minimum atomic E-state index is -0.336. The van der Waals surface area contributed by atoms with E-state index in [4.69, 9.17) is 27.9 Å². The molecule has 0 spiro atoms. The molecule has 5 nitrogen and oxygen atoms in total. The molecule has 0 unspecified atom stereocenters. The summed E-state index contributed by atoms with van der Waals surface area (Å²) in [7, 11) is 0. The summed E-state index contributed by atoms with van der Waals surface area (Å²) in [6, 6.07) is 22.6. The Morgan fingerprint density at radius 1 is 1.03 bits per heavy atom. The fourth-order valence-electron chi connectivity index (χ4n) is 3.21. The van der Waals surface area contributed by atoms with Gasteiger partial charge in [-0.05, 0) is 35.9 Å². The molecule has 0 aliphatic heterocycles. The largest absolute Gasteiger partial charge is 0.484 e. The van der Waals surface area contributed by atoms with E-state index in [0.29, 0.717) is 22.3 Å². The molecule has 1 N–H and O–H groups in total. The number of benzene rings is 3. The zero-order chi connectivity index (χ0) is 21.6. The SMILES string of the molecule is O=C(COc1ccccc1)N/N=C\c1cn(Cc2ccc(Cl)cc2Cl)c2ccccc12. The van der Waals surface area contributed by atoms with Crippen molar-refractivity contribution in [3.05, 3.63) is 100 Å². The first-order valence-electron chi connectivity index (χ1n) is 9.62. The normalized spacial score (nSPS) is 11.2. The molecule has 3 aromatic carbocycles. The summed E-state index contributed by atoms with van der Waals surface area (Å²) in [5.74, 6) is 0.294. The van der Waals surface area contributed by atoms with E-state index in [0.717, 1.165) is 22.0 Å². The van der Waals surface area contributed by atoms with Crippen molar-refractivity contribution in [3.8, 4) is 5.75 Å². The van der Waals surface area contributed by atoms with E-state index < -0.39 is 0 Å². The Morgan fingerprint density at radius 2 is 1.81 bits per heavy atom. The lowest BCUT2D eigenvalue weighted by atomic mass is 10.2. The molecule has 1 aromatic heterocycles. The molecule has 0 radical (unpaired) electrons. The van der Waals surface area contributed by atoms with Gasteiger partial charge in [0.1, 0.15) is 5.75 Å². The van der Waals surface area contributed by atoms with E-state index in [-0.39, 0.29) is 12.5 Å². The standard InChI is InChI=1S/C24H19Cl2N3O2/c25-19-11-10-17(22(26)12-19)14-29-15-18(21-8-4-5-9-23(21)29)13-27-28-24(30)16-31-20-6-2-1-3-7-20/h1-13,15H,14,16H2,(H,28,30)/b27-13-. The number of fused-ring (bicyclic) bond motifs is 1. The van der Waals surface area contributed by atoms with Crippen molar-refractivity contribution in [2.75, 3.05) is 6.61 Å². The van der Waals surface area contributed by atoms with Crippen molar-refractivity contribution >= 4 is 46.2 Å². The fraction of sp³-hybridized carbons (Fsp3) is 0.0833. The second-order valence-electron chi connectivity index (χ2n) is 6.86. The molecule has 0 saturated carbocycles. The Labute approximate surface area is 189 Å². The van der Waals surface area contributed by atoms with Crippen LogP contribution in [0.2, 0.25) is 10.0 Å². The van der Waals surface area contributed by atoms with Gasteiger partial charge in [-0.25, -0.2) is 5.43 Å². The van der Waals surface area contributed by atoms with E-state index in [2.05, 4.69) is 15.1 Å². The molecular formula is C24H19Cl2N3O2. The molecule has 0 bridgehead atoms. The van der Waals surface area contributed by atoms with Crippen LogP contribution in [-0.2, 0) is 11.3 Å². The number of rotatable bonds is 7. The lowest BCUT2D eigenvalue weighted by Gasteiger charge is -2.08. The first-order chi connectivity index (χ1) is 15.1. The number of amides is 1. The highest BCUT2D eigenvalue weighted by atomic mass is 35.5. The maximum atomic E-state index is 12.0. The monoisotopic (exact) mass is 451 g/mol. The van der Waals surface area contributed by atoms with Crippen LogP contribution in [0, 0.1) is 0 Å². The van der Waals surface area contributed by atoms with Gasteiger partial charge in [0.2, 0.25) is 0 Å². The topological polar surface area (TPSA) is 55.6 Å². The third-order valence-corrected chi connectivity index (χ3v) is 5.27. The van der Waals surface area contributed by atoms with Crippen LogP contribution in [0.4, 0.5) is 0 Å². The van der Waals surface area contributed by atoms with Gasteiger partial charge >= 0.3 is 0 Å². The number of hydrogen-bond acceptors (Lipinski definition) is 3. The maximum Gasteiger partial charge on any atom is 0.277 e.